The summed E-state index contributed by atoms with van der Waals surface area (Å²) in [6, 6.07) is 18.5. The number of benzene rings is 3. The molecule has 0 aliphatic rings. The highest BCUT2D eigenvalue weighted by Gasteiger charge is 2.15. The van der Waals surface area contributed by atoms with E-state index in [1.807, 2.05) is 0 Å². The summed E-state index contributed by atoms with van der Waals surface area (Å²) in [4.78, 5) is 22.5. The molecular formula is C21H17FN2O5. The van der Waals surface area contributed by atoms with E-state index in [9.17, 15) is 19.3 Å². The van der Waals surface area contributed by atoms with Crippen LogP contribution in [0.3, 0.4) is 0 Å². The van der Waals surface area contributed by atoms with Gasteiger partial charge in [0.1, 0.15) is 18.2 Å². The molecule has 1 N–H and O–H groups in total. The van der Waals surface area contributed by atoms with Crippen molar-refractivity contribution in [3.63, 3.8) is 0 Å². The summed E-state index contributed by atoms with van der Waals surface area (Å²) in [6.07, 6.45) is 0. The quantitative estimate of drug-likeness (QED) is 0.452. The number of nitro benzene ring substituents is 1. The highest BCUT2D eigenvalue weighted by atomic mass is 19.1. The topological polar surface area (TPSA) is 90.7 Å². The predicted molar refractivity (Wildman–Crippen MR) is 104 cm³/mol. The largest absolute Gasteiger partial charge is 0.489 e. The summed E-state index contributed by atoms with van der Waals surface area (Å²) in [6.45, 7) is -0.135. The van der Waals surface area contributed by atoms with Gasteiger partial charge < -0.3 is 14.8 Å². The molecule has 0 unspecified atom stereocenters. The molecule has 0 bridgehead atoms. The van der Waals surface area contributed by atoms with Crippen LogP contribution in [-0.4, -0.2) is 17.4 Å². The Morgan fingerprint density at radius 3 is 2.52 bits per heavy atom. The first-order valence-electron chi connectivity index (χ1n) is 8.64. The second-order valence-electron chi connectivity index (χ2n) is 6.00. The summed E-state index contributed by atoms with van der Waals surface area (Å²) >= 11 is 0. The Morgan fingerprint density at radius 1 is 1.00 bits per heavy atom. The third-order valence-electron chi connectivity index (χ3n) is 3.86. The third kappa shape index (κ3) is 5.77. The average molecular weight is 396 g/mol. The second-order valence-corrected chi connectivity index (χ2v) is 6.00. The number of hydrogen-bond donors (Lipinski definition) is 1. The molecule has 0 heterocycles. The number of halogens is 1. The van der Waals surface area contributed by atoms with Crippen LogP contribution >= 0.6 is 0 Å². The average Bonchev–Trinajstić information content (AvgIpc) is 2.72. The lowest BCUT2D eigenvalue weighted by molar-refractivity contribution is -0.385. The van der Waals surface area contributed by atoms with Crippen LogP contribution in [0.4, 0.5) is 15.8 Å². The molecular weight excluding hydrogens is 379 g/mol. The lowest BCUT2D eigenvalue weighted by Crippen LogP contribution is -2.20. The smallest absolute Gasteiger partial charge is 0.310 e. The van der Waals surface area contributed by atoms with Crippen LogP contribution in [0.25, 0.3) is 0 Å². The van der Waals surface area contributed by atoms with E-state index in [1.54, 1.807) is 42.5 Å². The molecule has 3 rings (SSSR count). The van der Waals surface area contributed by atoms with E-state index < -0.39 is 10.8 Å². The van der Waals surface area contributed by atoms with Crippen molar-refractivity contribution in [1.29, 1.82) is 0 Å². The molecule has 3 aromatic rings. The summed E-state index contributed by atoms with van der Waals surface area (Å²) in [5.41, 5.74) is 1.08. The van der Waals surface area contributed by atoms with Crippen LogP contribution in [-0.2, 0) is 11.4 Å². The second kappa shape index (κ2) is 9.32. The minimum atomic E-state index is -0.574. The van der Waals surface area contributed by atoms with E-state index in [4.69, 9.17) is 9.47 Å². The van der Waals surface area contributed by atoms with Gasteiger partial charge in [-0.3, -0.25) is 14.9 Å². The minimum Gasteiger partial charge on any atom is -0.489 e. The van der Waals surface area contributed by atoms with Gasteiger partial charge in [0.05, 0.1) is 4.92 Å². The number of nitro groups is 1. The normalized spacial score (nSPS) is 10.2. The number of anilines is 1. The molecule has 3 aromatic carbocycles. The highest BCUT2D eigenvalue weighted by Crippen LogP contribution is 2.25. The van der Waals surface area contributed by atoms with Crippen molar-refractivity contribution in [2.45, 2.75) is 6.61 Å². The number of rotatable bonds is 8. The first kappa shape index (κ1) is 19.8. The van der Waals surface area contributed by atoms with E-state index in [2.05, 4.69) is 5.32 Å². The van der Waals surface area contributed by atoms with Gasteiger partial charge in [0.15, 0.2) is 12.4 Å². The molecule has 8 heteroatoms. The maximum atomic E-state index is 12.9. The van der Waals surface area contributed by atoms with Gasteiger partial charge in [-0.1, -0.05) is 30.3 Å². The molecule has 7 nitrogen and oxygen atoms in total. The van der Waals surface area contributed by atoms with E-state index in [0.717, 1.165) is 5.56 Å². The van der Waals surface area contributed by atoms with Crippen molar-refractivity contribution in [2.24, 2.45) is 0 Å². The molecule has 1 amide bonds. The molecule has 0 fully saturated rings. The van der Waals surface area contributed by atoms with Gasteiger partial charge >= 0.3 is 5.69 Å². The number of carbonyl (C=O) groups is 1. The van der Waals surface area contributed by atoms with Gasteiger partial charge in [-0.25, -0.2) is 4.39 Å². The zero-order chi connectivity index (χ0) is 20.6. The molecule has 29 heavy (non-hydrogen) atoms. The number of amides is 1. The molecule has 0 atom stereocenters. The molecule has 148 valence electrons. The van der Waals surface area contributed by atoms with Crippen LogP contribution < -0.4 is 14.8 Å². The molecule has 0 aliphatic carbocycles. The Hall–Kier alpha value is -3.94. The zero-order valence-electron chi connectivity index (χ0n) is 15.2. The first-order chi connectivity index (χ1) is 14.0. The maximum absolute atomic E-state index is 12.9. The number of nitrogens with zero attached hydrogens (tertiary/aromatic N) is 1. The summed E-state index contributed by atoms with van der Waals surface area (Å²) in [5.74, 6) is -0.254. The molecule has 0 radical (unpaired) electrons. The number of nitrogens with one attached hydrogen (secondary N) is 1. The van der Waals surface area contributed by atoms with Gasteiger partial charge in [0.2, 0.25) is 0 Å². The molecule has 0 saturated carbocycles. The van der Waals surface area contributed by atoms with Crippen molar-refractivity contribution < 1.29 is 23.6 Å². The lowest BCUT2D eigenvalue weighted by atomic mass is 10.2. The van der Waals surface area contributed by atoms with Gasteiger partial charge in [0.25, 0.3) is 5.91 Å². The van der Waals surface area contributed by atoms with Gasteiger partial charge in [-0.2, -0.15) is 0 Å². The number of hydrogen-bond acceptors (Lipinski definition) is 5. The Kier molecular flexibility index (Phi) is 6.36. The molecule has 0 aromatic heterocycles. The highest BCUT2D eigenvalue weighted by molar-refractivity contribution is 5.92. The number of carbonyl (C=O) groups excluding carboxylic acids is 1. The third-order valence-corrected chi connectivity index (χ3v) is 3.86. The van der Waals surface area contributed by atoms with Crippen LogP contribution in [0.1, 0.15) is 5.56 Å². The standard InChI is InChI=1S/C21H17FN2O5/c22-16-10-8-15(9-11-16)13-28-18-5-3-4-17(12-18)23-21(25)14-29-20-7-2-1-6-19(20)24(26)27/h1-12H,13-14H2,(H,23,25). The predicted octanol–water partition coefficient (Wildman–Crippen LogP) is 4.33. The first-order valence-corrected chi connectivity index (χ1v) is 8.64. The number of ether oxygens (including phenoxy) is 2. The minimum absolute atomic E-state index is 0.0176. The van der Waals surface area contributed by atoms with Gasteiger partial charge in [0, 0.05) is 17.8 Å². The Bertz CT molecular complexity index is 1010. The fourth-order valence-electron chi connectivity index (χ4n) is 2.48. The monoisotopic (exact) mass is 396 g/mol. The molecule has 0 spiro atoms. The summed E-state index contributed by atoms with van der Waals surface area (Å²) in [7, 11) is 0. The fourth-order valence-corrected chi connectivity index (χ4v) is 2.48. The van der Waals surface area contributed by atoms with E-state index in [-0.39, 0.29) is 30.5 Å². The van der Waals surface area contributed by atoms with E-state index in [1.165, 1.54) is 30.3 Å². The van der Waals surface area contributed by atoms with Crippen molar-refractivity contribution >= 4 is 17.3 Å². The fraction of sp³-hybridized carbons (Fsp3) is 0.0952. The summed E-state index contributed by atoms with van der Waals surface area (Å²) in [5, 5.41) is 13.6. The van der Waals surface area contributed by atoms with Crippen molar-refractivity contribution in [3.05, 3.63) is 94.3 Å². The SMILES string of the molecule is O=C(COc1ccccc1[N+](=O)[O-])Nc1cccc(OCc2ccc(F)cc2)c1. The summed E-state index contributed by atoms with van der Waals surface area (Å²) < 4.78 is 23.8. The maximum Gasteiger partial charge on any atom is 0.310 e. The molecule has 0 aliphatic heterocycles. The zero-order valence-corrected chi connectivity index (χ0v) is 15.2. The van der Waals surface area contributed by atoms with Gasteiger partial charge in [-0.05, 0) is 35.9 Å². The molecule has 0 saturated heterocycles. The lowest BCUT2D eigenvalue weighted by Gasteiger charge is -2.10. The number of para-hydroxylation sites is 2. The van der Waals surface area contributed by atoms with Crippen LogP contribution in [0.2, 0.25) is 0 Å². The van der Waals surface area contributed by atoms with Crippen LogP contribution in [0.15, 0.2) is 72.8 Å². The van der Waals surface area contributed by atoms with E-state index >= 15 is 0 Å². The van der Waals surface area contributed by atoms with Crippen LogP contribution in [0.5, 0.6) is 11.5 Å². The van der Waals surface area contributed by atoms with Gasteiger partial charge in [-0.15, -0.1) is 0 Å². The van der Waals surface area contributed by atoms with Crippen molar-refractivity contribution in [1.82, 2.24) is 0 Å². The Labute approximate surface area is 165 Å². The van der Waals surface area contributed by atoms with Crippen molar-refractivity contribution in [3.8, 4) is 11.5 Å². The van der Waals surface area contributed by atoms with Crippen LogP contribution in [0, 0.1) is 15.9 Å². The Balaban J connectivity index is 1.55. The van der Waals surface area contributed by atoms with E-state index in [0.29, 0.717) is 11.4 Å². The van der Waals surface area contributed by atoms with Crippen molar-refractivity contribution in [2.75, 3.05) is 11.9 Å². The Morgan fingerprint density at radius 2 is 1.76 bits per heavy atom.